The predicted octanol–water partition coefficient (Wildman–Crippen LogP) is 3.59. The van der Waals surface area contributed by atoms with Crippen LogP contribution >= 0.6 is 0 Å². The Hall–Kier alpha value is -1.90. The highest BCUT2D eigenvalue weighted by Gasteiger charge is 2.28. The summed E-state index contributed by atoms with van der Waals surface area (Å²) in [6.07, 6.45) is 5.26. The standard InChI is InChI=1S/C16H17NO2/c18-16(19)13-7-5-12(6-8-13)15-14-4-2-1-3-11(14)9-10-17-15/h1-4,9-10,12-13H,5-8H2,(H,18,19). The molecule has 0 radical (unpaired) electrons. The fraction of sp³-hybridized carbons (Fsp3) is 0.375. The van der Waals surface area contributed by atoms with Crippen LogP contribution in [-0.4, -0.2) is 16.1 Å². The lowest BCUT2D eigenvalue weighted by atomic mass is 9.79. The van der Waals surface area contributed by atoms with Crippen LogP contribution in [0.4, 0.5) is 0 Å². The molecule has 98 valence electrons. The number of aliphatic carboxylic acids is 1. The number of benzene rings is 1. The van der Waals surface area contributed by atoms with E-state index in [0.717, 1.165) is 31.4 Å². The van der Waals surface area contributed by atoms with Crippen molar-refractivity contribution in [3.63, 3.8) is 0 Å². The molecule has 1 saturated carbocycles. The van der Waals surface area contributed by atoms with Gasteiger partial charge in [-0.05, 0) is 37.1 Å². The smallest absolute Gasteiger partial charge is 0.306 e. The van der Waals surface area contributed by atoms with Crippen molar-refractivity contribution in [3.05, 3.63) is 42.2 Å². The Morgan fingerprint density at radius 2 is 1.84 bits per heavy atom. The van der Waals surface area contributed by atoms with Crippen LogP contribution in [0.1, 0.15) is 37.3 Å². The van der Waals surface area contributed by atoms with Gasteiger partial charge in [-0.25, -0.2) is 0 Å². The Labute approximate surface area is 112 Å². The number of hydrogen-bond acceptors (Lipinski definition) is 2. The lowest BCUT2D eigenvalue weighted by Crippen LogP contribution is -2.21. The molecule has 0 aliphatic heterocycles. The van der Waals surface area contributed by atoms with Crippen molar-refractivity contribution in [2.45, 2.75) is 31.6 Å². The lowest BCUT2D eigenvalue weighted by molar-refractivity contribution is -0.142. The summed E-state index contributed by atoms with van der Waals surface area (Å²) in [6.45, 7) is 0. The van der Waals surface area contributed by atoms with Crippen LogP contribution in [0.15, 0.2) is 36.5 Å². The van der Waals surface area contributed by atoms with Crippen molar-refractivity contribution in [2.24, 2.45) is 5.92 Å². The van der Waals surface area contributed by atoms with E-state index in [9.17, 15) is 4.79 Å². The molecule has 1 fully saturated rings. The molecule has 1 N–H and O–H groups in total. The van der Waals surface area contributed by atoms with Crippen molar-refractivity contribution in [3.8, 4) is 0 Å². The van der Waals surface area contributed by atoms with E-state index in [2.05, 4.69) is 17.1 Å². The number of hydrogen-bond donors (Lipinski definition) is 1. The van der Waals surface area contributed by atoms with Gasteiger partial charge in [0.2, 0.25) is 0 Å². The monoisotopic (exact) mass is 255 g/mol. The summed E-state index contributed by atoms with van der Waals surface area (Å²) in [5, 5.41) is 11.5. The summed E-state index contributed by atoms with van der Waals surface area (Å²) < 4.78 is 0. The van der Waals surface area contributed by atoms with Gasteiger partial charge in [-0.1, -0.05) is 24.3 Å². The van der Waals surface area contributed by atoms with E-state index in [1.165, 1.54) is 10.8 Å². The van der Waals surface area contributed by atoms with Gasteiger partial charge in [-0.15, -0.1) is 0 Å². The summed E-state index contributed by atoms with van der Waals surface area (Å²) >= 11 is 0. The normalized spacial score (nSPS) is 23.4. The van der Waals surface area contributed by atoms with Gasteiger partial charge in [0.15, 0.2) is 0 Å². The molecule has 1 aliphatic carbocycles. The van der Waals surface area contributed by atoms with E-state index in [-0.39, 0.29) is 5.92 Å². The number of pyridine rings is 1. The number of aromatic nitrogens is 1. The Balaban J connectivity index is 1.88. The first kappa shape index (κ1) is 12.2. The first-order chi connectivity index (χ1) is 9.25. The van der Waals surface area contributed by atoms with E-state index in [0.29, 0.717) is 5.92 Å². The molecule has 1 aromatic heterocycles. The fourth-order valence-corrected chi connectivity index (χ4v) is 3.08. The first-order valence-corrected chi connectivity index (χ1v) is 6.82. The maximum atomic E-state index is 11.0. The quantitative estimate of drug-likeness (QED) is 0.892. The Morgan fingerprint density at radius 3 is 2.58 bits per heavy atom. The van der Waals surface area contributed by atoms with E-state index in [1.807, 2.05) is 24.4 Å². The first-order valence-electron chi connectivity index (χ1n) is 6.82. The number of carbonyl (C=O) groups is 1. The van der Waals surface area contributed by atoms with Gasteiger partial charge in [0.25, 0.3) is 0 Å². The van der Waals surface area contributed by atoms with Crippen molar-refractivity contribution in [1.29, 1.82) is 0 Å². The molecule has 1 aromatic carbocycles. The molecule has 0 bridgehead atoms. The number of rotatable bonds is 2. The van der Waals surface area contributed by atoms with Crippen LogP contribution in [0.25, 0.3) is 10.8 Å². The van der Waals surface area contributed by atoms with Crippen LogP contribution in [0.2, 0.25) is 0 Å². The highest BCUT2D eigenvalue weighted by atomic mass is 16.4. The van der Waals surface area contributed by atoms with Gasteiger partial charge in [0.05, 0.1) is 11.6 Å². The van der Waals surface area contributed by atoms with Gasteiger partial charge in [-0.3, -0.25) is 9.78 Å². The maximum Gasteiger partial charge on any atom is 0.306 e. The molecule has 0 saturated heterocycles. The zero-order valence-electron chi connectivity index (χ0n) is 10.7. The molecular formula is C16H17NO2. The van der Waals surface area contributed by atoms with Gasteiger partial charge in [0, 0.05) is 17.5 Å². The van der Waals surface area contributed by atoms with Gasteiger partial charge in [-0.2, -0.15) is 0 Å². The minimum atomic E-state index is -0.649. The molecule has 1 heterocycles. The maximum absolute atomic E-state index is 11.0. The summed E-state index contributed by atoms with van der Waals surface area (Å²) in [7, 11) is 0. The number of nitrogens with zero attached hydrogens (tertiary/aromatic N) is 1. The van der Waals surface area contributed by atoms with Crippen molar-refractivity contribution in [2.75, 3.05) is 0 Å². The van der Waals surface area contributed by atoms with E-state index >= 15 is 0 Å². The summed E-state index contributed by atoms with van der Waals surface area (Å²) in [4.78, 5) is 15.5. The Morgan fingerprint density at radius 1 is 1.11 bits per heavy atom. The molecular weight excluding hydrogens is 238 g/mol. The Bertz CT molecular complexity index is 595. The zero-order chi connectivity index (χ0) is 13.2. The largest absolute Gasteiger partial charge is 0.481 e. The van der Waals surface area contributed by atoms with Crippen LogP contribution in [0, 0.1) is 5.92 Å². The Kier molecular flexibility index (Phi) is 3.20. The molecule has 3 rings (SSSR count). The summed E-state index contributed by atoms with van der Waals surface area (Å²) in [5.74, 6) is -0.405. The van der Waals surface area contributed by atoms with Crippen LogP contribution in [-0.2, 0) is 4.79 Å². The van der Waals surface area contributed by atoms with Gasteiger partial charge >= 0.3 is 5.97 Å². The molecule has 3 nitrogen and oxygen atoms in total. The molecule has 2 aromatic rings. The van der Waals surface area contributed by atoms with Gasteiger partial charge in [0.1, 0.15) is 0 Å². The second kappa shape index (κ2) is 5.00. The molecule has 1 aliphatic rings. The van der Waals surface area contributed by atoms with Crippen LogP contribution < -0.4 is 0 Å². The fourth-order valence-electron chi connectivity index (χ4n) is 3.08. The lowest BCUT2D eigenvalue weighted by Gasteiger charge is -2.26. The second-order valence-electron chi connectivity index (χ2n) is 5.30. The highest BCUT2D eigenvalue weighted by Crippen LogP contribution is 2.37. The zero-order valence-corrected chi connectivity index (χ0v) is 10.7. The van der Waals surface area contributed by atoms with Crippen LogP contribution in [0.3, 0.4) is 0 Å². The molecule has 3 heteroatoms. The molecule has 0 unspecified atom stereocenters. The van der Waals surface area contributed by atoms with E-state index in [4.69, 9.17) is 5.11 Å². The van der Waals surface area contributed by atoms with E-state index < -0.39 is 5.97 Å². The molecule has 0 spiro atoms. The third-order valence-corrected chi connectivity index (χ3v) is 4.17. The van der Waals surface area contributed by atoms with E-state index in [1.54, 1.807) is 0 Å². The number of carboxylic acid groups (broad SMARTS) is 1. The molecule has 19 heavy (non-hydrogen) atoms. The SMILES string of the molecule is O=C(O)C1CCC(c2nccc3ccccc23)CC1. The summed E-state index contributed by atoms with van der Waals surface area (Å²) in [6, 6.07) is 10.3. The van der Waals surface area contributed by atoms with Gasteiger partial charge < -0.3 is 5.11 Å². The second-order valence-corrected chi connectivity index (χ2v) is 5.30. The van der Waals surface area contributed by atoms with Crippen molar-refractivity contribution in [1.82, 2.24) is 4.98 Å². The third-order valence-electron chi connectivity index (χ3n) is 4.17. The topological polar surface area (TPSA) is 50.2 Å². The number of fused-ring (bicyclic) bond motifs is 1. The average Bonchev–Trinajstić information content (AvgIpc) is 2.47. The highest BCUT2D eigenvalue weighted by molar-refractivity contribution is 5.84. The molecule has 0 atom stereocenters. The predicted molar refractivity (Wildman–Crippen MR) is 74.1 cm³/mol. The average molecular weight is 255 g/mol. The van der Waals surface area contributed by atoms with Crippen LogP contribution in [0.5, 0.6) is 0 Å². The minimum Gasteiger partial charge on any atom is -0.481 e. The minimum absolute atomic E-state index is 0.161. The third kappa shape index (κ3) is 2.33. The van der Waals surface area contributed by atoms with Crippen molar-refractivity contribution < 1.29 is 9.90 Å². The van der Waals surface area contributed by atoms with Crippen molar-refractivity contribution >= 4 is 16.7 Å². The summed E-state index contributed by atoms with van der Waals surface area (Å²) in [5.41, 5.74) is 1.14. The number of carboxylic acids is 1. The molecule has 0 amide bonds.